The van der Waals surface area contributed by atoms with E-state index in [0.717, 1.165) is 17.1 Å². The molecule has 7 heteroatoms. The van der Waals surface area contributed by atoms with Crippen molar-refractivity contribution >= 4 is 17.7 Å². The fourth-order valence-electron chi connectivity index (χ4n) is 2.45. The number of thioether (sulfide) groups is 1. The van der Waals surface area contributed by atoms with Crippen molar-refractivity contribution in [3.05, 3.63) is 60.2 Å². The minimum Gasteiger partial charge on any atom is -0.492 e. The van der Waals surface area contributed by atoms with Gasteiger partial charge in [0.1, 0.15) is 12.4 Å². The molecule has 1 N–H and O–H groups in total. The maximum Gasteiger partial charge on any atom is 0.230 e. The van der Waals surface area contributed by atoms with Crippen LogP contribution in [-0.2, 0) is 11.8 Å². The van der Waals surface area contributed by atoms with E-state index >= 15 is 0 Å². The molecular weight excluding hydrogens is 360 g/mol. The van der Waals surface area contributed by atoms with Gasteiger partial charge in [-0.15, -0.1) is 10.2 Å². The van der Waals surface area contributed by atoms with Crippen molar-refractivity contribution in [1.29, 1.82) is 0 Å². The molecule has 2 aromatic carbocycles. The molecule has 0 atom stereocenters. The lowest BCUT2D eigenvalue weighted by molar-refractivity contribution is -0.118. The molecule has 1 heterocycles. The SMILES string of the molecule is Cc1ccc(-c2nnc(SCC(=O)NCCOc3ccccc3)n2C)cc1. The van der Waals surface area contributed by atoms with Gasteiger partial charge in [-0.2, -0.15) is 0 Å². The highest BCUT2D eigenvalue weighted by Gasteiger charge is 2.12. The van der Waals surface area contributed by atoms with E-state index in [9.17, 15) is 4.79 Å². The number of benzene rings is 2. The molecule has 0 saturated carbocycles. The van der Waals surface area contributed by atoms with Crippen LogP contribution in [0.2, 0.25) is 0 Å². The Morgan fingerprint density at radius 1 is 1.11 bits per heavy atom. The van der Waals surface area contributed by atoms with Gasteiger partial charge in [0, 0.05) is 12.6 Å². The Bertz CT molecular complexity index is 879. The monoisotopic (exact) mass is 382 g/mol. The summed E-state index contributed by atoms with van der Waals surface area (Å²) in [6, 6.07) is 17.7. The van der Waals surface area contributed by atoms with E-state index in [0.29, 0.717) is 18.3 Å². The van der Waals surface area contributed by atoms with E-state index in [1.807, 2.05) is 73.1 Å². The maximum absolute atomic E-state index is 12.0. The summed E-state index contributed by atoms with van der Waals surface area (Å²) >= 11 is 1.36. The second-order valence-electron chi connectivity index (χ2n) is 6.03. The van der Waals surface area contributed by atoms with E-state index in [4.69, 9.17) is 4.74 Å². The predicted molar refractivity (Wildman–Crippen MR) is 107 cm³/mol. The Hall–Kier alpha value is -2.80. The van der Waals surface area contributed by atoms with Crippen LogP contribution in [0.25, 0.3) is 11.4 Å². The summed E-state index contributed by atoms with van der Waals surface area (Å²) in [6.07, 6.45) is 0. The molecule has 0 aliphatic heterocycles. The van der Waals surface area contributed by atoms with Crippen molar-refractivity contribution in [2.75, 3.05) is 18.9 Å². The van der Waals surface area contributed by atoms with Crippen LogP contribution in [0.15, 0.2) is 59.8 Å². The Morgan fingerprint density at radius 3 is 2.59 bits per heavy atom. The minimum atomic E-state index is -0.0588. The largest absolute Gasteiger partial charge is 0.492 e. The molecule has 1 aromatic heterocycles. The minimum absolute atomic E-state index is 0.0588. The van der Waals surface area contributed by atoms with Crippen LogP contribution in [0, 0.1) is 6.92 Å². The molecular formula is C20H22N4O2S. The lowest BCUT2D eigenvalue weighted by atomic mass is 10.1. The van der Waals surface area contributed by atoms with Gasteiger partial charge in [0.15, 0.2) is 11.0 Å². The summed E-state index contributed by atoms with van der Waals surface area (Å²) in [5.74, 6) is 1.81. The van der Waals surface area contributed by atoms with E-state index in [-0.39, 0.29) is 11.7 Å². The van der Waals surface area contributed by atoms with Crippen LogP contribution in [0.4, 0.5) is 0 Å². The number of para-hydroxylation sites is 1. The first-order chi connectivity index (χ1) is 13.1. The second kappa shape index (κ2) is 9.23. The standard InChI is InChI=1S/C20H22N4O2S/c1-15-8-10-16(11-9-15)19-22-23-20(24(19)2)27-14-18(25)21-12-13-26-17-6-4-3-5-7-17/h3-11H,12-14H2,1-2H3,(H,21,25). The van der Waals surface area contributed by atoms with Crippen molar-refractivity contribution in [3.8, 4) is 17.1 Å². The summed E-state index contributed by atoms with van der Waals surface area (Å²) < 4.78 is 7.45. The maximum atomic E-state index is 12.0. The van der Waals surface area contributed by atoms with Gasteiger partial charge >= 0.3 is 0 Å². The summed E-state index contributed by atoms with van der Waals surface area (Å²) in [6.45, 7) is 2.94. The Labute approximate surface area is 163 Å². The van der Waals surface area contributed by atoms with Gasteiger partial charge < -0.3 is 14.6 Å². The van der Waals surface area contributed by atoms with Crippen molar-refractivity contribution in [3.63, 3.8) is 0 Å². The second-order valence-corrected chi connectivity index (χ2v) is 6.97. The molecule has 0 aliphatic carbocycles. The van der Waals surface area contributed by atoms with Gasteiger partial charge in [0.25, 0.3) is 0 Å². The zero-order valence-electron chi connectivity index (χ0n) is 15.4. The third-order valence-electron chi connectivity index (χ3n) is 3.91. The van der Waals surface area contributed by atoms with Crippen molar-refractivity contribution in [2.45, 2.75) is 12.1 Å². The van der Waals surface area contributed by atoms with Crippen LogP contribution in [-0.4, -0.2) is 39.6 Å². The predicted octanol–water partition coefficient (Wildman–Crippen LogP) is 3.08. The summed E-state index contributed by atoms with van der Waals surface area (Å²) in [4.78, 5) is 12.0. The van der Waals surface area contributed by atoms with Gasteiger partial charge in [0.05, 0.1) is 12.3 Å². The third-order valence-corrected chi connectivity index (χ3v) is 4.93. The average molecular weight is 382 g/mol. The van der Waals surface area contributed by atoms with Gasteiger partial charge in [-0.05, 0) is 19.1 Å². The number of rotatable bonds is 8. The number of hydrogen-bond acceptors (Lipinski definition) is 5. The molecule has 0 bridgehead atoms. The Balaban J connectivity index is 1.44. The molecule has 0 saturated heterocycles. The number of aromatic nitrogens is 3. The average Bonchev–Trinajstić information content (AvgIpc) is 3.05. The molecule has 1 amide bonds. The van der Waals surface area contributed by atoms with E-state index in [1.165, 1.54) is 17.3 Å². The lowest BCUT2D eigenvalue weighted by Crippen LogP contribution is -2.29. The van der Waals surface area contributed by atoms with E-state index in [1.54, 1.807) is 0 Å². The van der Waals surface area contributed by atoms with Crippen molar-refractivity contribution in [1.82, 2.24) is 20.1 Å². The Morgan fingerprint density at radius 2 is 1.85 bits per heavy atom. The first-order valence-corrected chi connectivity index (χ1v) is 9.66. The van der Waals surface area contributed by atoms with Crippen LogP contribution in [0.1, 0.15) is 5.56 Å². The van der Waals surface area contributed by atoms with Gasteiger partial charge in [-0.25, -0.2) is 0 Å². The summed E-state index contributed by atoms with van der Waals surface area (Å²) in [5.41, 5.74) is 2.20. The normalized spacial score (nSPS) is 10.6. The highest BCUT2D eigenvalue weighted by Crippen LogP contribution is 2.22. The summed E-state index contributed by atoms with van der Waals surface area (Å²) in [5, 5.41) is 12.0. The molecule has 0 unspecified atom stereocenters. The van der Waals surface area contributed by atoms with Gasteiger partial charge in [-0.1, -0.05) is 59.8 Å². The highest BCUT2D eigenvalue weighted by atomic mass is 32.2. The number of ether oxygens (including phenoxy) is 1. The first-order valence-electron chi connectivity index (χ1n) is 8.67. The summed E-state index contributed by atoms with van der Waals surface area (Å²) in [7, 11) is 1.91. The quantitative estimate of drug-likeness (QED) is 0.479. The van der Waals surface area contributed by atoms with Crippen molar-refractivity contribution in [2.24, 2.45) is 7.05 Å². The van der Waals surface area contributed by atoms with Gasteiger partial charge in [0.2, 0.25) is 5.91 Å². The van der Waals surface area contributed by atoms with Crippen molar-refractivity contribution < 1.29 is 9.53 Å². The molecule has 0 spiro atoms. The number of amides is 1. The third kappa shape index (κ3) is 5.34. The van der Waals surface area contributed by atoms with Crippen LogP contribution in [0.5, 0.6) is 5.75 Å². The molecule has 3 aromatic rings. The molecule has 0 fully saturated rings. The number of hydrogen-bond donors (Lipinski definition) is 1. The first kappa shape index (κ1) is 19.0. The number of carbonyl (C=O) groups excluding carboxylic acids is 1. The number of aryl methyl sites for hydroxylation is 1. The molecule has 0 aliphatic rings. The number of nitrogens with zero attached hydrogens (tertiary/aromatic N) is 3. The molecule has 0 radical (unpaired) electrons. The highest BCUT2D eigenvalue weighted by molar-refractivity contribution is 7.99. The number of carbonyl (C=O) groups is 1. The zero-order chi connectivity index (χ0) is 19.1. The van der Waals surface area contributed by atoms with E-state index < -0.39 is 0 Å². The topological polar surface area (TPSA) is 69.0 Å². The smallest absolute Gasteiger partial charge is 0.230 e. The Kier molecular flexibility index (Phi) is 6.49. The number of nitrogens with one attached hydrogen (secondary N) is 1. The van der Waals surface area contributed by atoms with Crippen LogP contribution in [0.3, 0.4) is 0 Å². The lowest BCUT2D eigenvalue weighted by Gasteiger charge is -2.07. The molecule has 6 nitrogen and oxygen atoms in total. The molecule has 140 valence electrons. The molecule has 27 heavy (non-hydrogen) atoms. The fraction of sp³-hybridized carbons (Fsp3) is 0.250. The van der Waals surface area contributed by atoms with Gasteiger partial charge in [-0.3, -0.25) is 4.79 Å². The zero-order valence-corrected chi connectivity index (χ0v) is 16.2. The van der Waals surface area contributed by atoms with Crippen LogP contribution >= 0.6 is 11.8 Å². The molecule has 3 rings (SSSR count). The van der Waals surface area contributed by atoms with Crippen LogP contribution < -0.4 is 10.1 Å². The van der Waals surface area contributed by atoms with E-state index in [2.05, 4.69) is 15.5 Å². The fourth-order valence-corrected chi connectivity index (χ4v) is 3.19.